The maximum Gasteiger partial charge on any atom is 0.397 e. The van der Waals surface area contributed by atoms with E-state index in [1.807, 2.05) is 0 Å². The van der Waals surface area contributed by atoms with Crippen LogP contribution in [0.5, 0.6) is 0 Å². The molecule has 4 saturated carbocycles. The van der Waals surface area contributed by atoms with Crippen molar-refractivity contribution in [2.45, 2.75) is 38.2 Å². The topological polar surface area (TPSA) is 89.6 Å². The van der Waals surface area contributed by atoms with E-state index in [0.29, 0.717) is 24.3 Å². The van der Waals surface area contributed by atoms with E-state index in [9.17, 15) is 8.42 Å². The van der Waals surface area contributed by atoms with Crippen molar-refractivity contribution in [2.24, 2.45) is 35.3 Å². The monoisotopic (exact) mass is 275 g/mol. The third-order valence-corrected chi connectivity index (χ3v) is 5.72. The summed E-state index contributed by atoms with van der Waals surface area (Å²) in [6, 6.07) is 0. The summed E-state index contributed by atoms with van der Waals surface area (Å²) in [5.74, 6) is 2.48. The summed E-state index contributed by atoms with van der Waals surface area (Å²) in [5.41, 5.74) is 5.67. The van der Waals surface area contributed by atoms with Crippen LogP contribution in [0.3, 0.4) is 0 Å². The predicted octanol–water partition coefficient (Wildman–Crippen LogP) is 1.21. The zero-order chi connectivity index (χ0) is 12.9. The van der Waals surface area contributed by atoms with Crippen LogP contribution in [0.25, 0.3) is 0 Å². The van der Waals surface area contributed by atoms with Crippen LogP contribution in [0.2, 0.25) is 0 Å². The van der Waals surface area contributed by atoms with Gasteiger partial charge >= 0.3 is 10.4 Å². The third kappa shape index (κ3) is 2.19. The van der Waals surface area contributed by atoms with E-state index in [4.69, 9.17) is 14.5 Å². The first-order chi connectivity index (χ1) is 8.48. The SMILES string of the molecule is NCCC1C2CC3CC(C2)C(OS(=O)(=O)O)C1C3. The second-order valence-electron chi connectivity index (χ2n) is 6.22. The van der Waals surface area contributed by atoms with Gasteiger partial charge in [-0.1, -0.05) is 0 Å². The van der Waals surface area contributed by atoms with E-state index in [1.165, 1.54) is 6.42 Å². The lowest BCUT2D eigenvalue weighted by atomic mass is 9.50. The maximum absolute atomic E-state index is 11.0. The highest BCUT2D eigenvalue weighted by atomic mass is 32.3. The highest BCUT2D eigenvalue weighted by Crippen LogP contribution is 2.58. The van der Waals surface area contributed by atoms with Gasteiger partial charge in [0, 0.05) is 0 Å². The fourth-order valence-corrected chi connectivity index (χ4v) is 5.49. The molecule has 6 atom stereocenters. The number of hydrogen-bond donors (Lipinski definition) is 2. The quantitative estimate of drug-likeness (QED) is 0.753. The largest absolute Gasteiger partial charge is 0.397 e. The standard InChI is InChI=1S/C12H21NO4S/c13-2-1-10-8-3-7-4-9(6-8)12(11(10)5-7)17-18(14,15)16/h7-12H,1-6,13H2,(H,14,15,16). The highest BCUT2D eigenvalue weighted by molar-refractivity contribution is 7.80. The van der Waals surface area contributed by atoms with E-state index >= 15 is 0 Å². The Hall–Kier alpha value is -0.170. The molecule has 0 heterocycles. The van der Waals surface area contributed by atoms with Crippen LogP contribution in [-0.2, 0) is 14.6 Å². The van der Waals surface area contributed by atoms with Gasteiger partial charge in [-0.05, 0) is 68.2 Å². The number of nitrogens with two attached hydrogens (primary N) is 1. The molecule has 4 aliphatic carbocycles. The summed E-state index contributed by atoms with van der Waals surface area (Å²) in [7, 11) is -4.34. The molecule has 0 aromatic heterocycles. The molecule has 5 nitrogen and oxygen atoms in total. The van der Waals surface area contributed by atoms with Gasteiger partial charge in [0.1, 0.15) is 0 Å². The minimum Gasteiger partial charge on any atom is -0.330 e. The molecule has 4 fully saturated rings. The Balaban J connectivity index is 1.83. The zero-order valence-corrected chi connectivity index (χ0v) is 11.2. The fourth-order valence-electron chi connectivity index (χ4n) is 4.91. The molecule has 0 saturated heterocycles. The van der Waals surface area contributed by atoms with Crippen molar-refractivity contribution in [1.82, 2.24) is 0 Å². The smallest absolute Gasteiger partial charge is 0.330 e. The Morgan fingerprint density at radius 1 is 1.17 bits per heavy atom. The summed E-state index contributed by atoms with van der Waals surface area (Å²) >= 11 is 0. The van der Waals surface area contributed by atoms with Gasteiger partial charge in [0.05, 0.1) is 6.10 Å². The third-order valence-electron chi connectivity index (χ3n) is 5.26. The molecule has 18 heavy (non-hydrogen) atoms. The molecule has 0 aliphatic heterocycles. The lowest BCUT2D eigenvalue weighted by molar-refractivity contribution is -0.120. The molecule has 6 heteroatoms. The minimum absolute atomic E-state index is 0.270. The molecule has 0 amide bonds. The molecule has 0 aromatic rings. The number of hydrogen-bond acceptors (Lipinski definition) is 4. The van der Waals surface area contributed by atoms with Gasteiger partial charge in [-0.25, -0.2) is 4.18 Å². The minimum atomic E-state index is -4.34. The van der Waals surface area contributed by atoms with E-state index < -0.39 is 10.4 Å². The van der Waals surface area contributed by atoms with E-state index in [2.05, 4.69) is 0 Å². The molecule has 0 radical (unpaired) electrons. The van der Waals surface area contributed by atoms with Gasteiger partial charge in [-0.2, -0.15) is 8.42 Å². The number of rotatable bonds is 4. The van der Waals surface area contributed by atoms with Crippen LogP contribution in [0.1, 0.15) is 32.1 Å². The first kappa shape index (κ1) is 12.8. The van der Waals surface area contributed by atoms with Gasteiger partial charge in [-0.3, -0.25) is 4.55 Å². The lowest BCUT2D eigenvalue weighted by Crippen LogP contribution is -2.55. The lowest BCUT2D eigenvalue weighted by Gasteiger charge is -2.57. The van der Waals surface area contributed by atoms with Crippen molar-refractivity contribution in [2.75, 3.05) is 6.54 Å². The fraction of sp³-hybridized carbons (Fsp3) is 1.00. The van der Waals surface area contributed by atoms with Crippen LogP contribution >= 0.6 is 0 Å². The molecule has 4 rings (SSSR count). The molecule has 3 N–H and O–H groups in total. The molecule has 104 valence electrons. The second kappa shape index (κ2) is 4.44. The van der Waals surface area contributed by atoms with E-state index in [0.717, 1.165) is 31.6 Å². The Morgan fingerprint density at radius 2 is 1.89 bits per heavy atom. The van der Waals surface area contributed by atoms with Gasteiger partial charge in [0.2, 0.25) is 0 Å². The Morgan fingerprint density at radius 3 is 2.56 bits per heavy atom. The van der Waals surface area contributed by atoms with Crippen molar-refractivity contribution >= 4 is 10.4 Å². The second-order valence-corrected chi connectivity index (χ2v) is 7.27. The van der Waals surface area contributed by atoms with Crippen molar-refractivity contribution < 1.29 is 17.2 Å². The Bertz CT molecular complexity index is 424. The van der Waals surface area contributed by atoms with Crippen LogP contribution in [0, 0.1) is 29.6 Å². The zero-order valence-electron chi connectivity index (χ0n) is 10.4. The molecule has 0 spiro atoms. The molecule has 6 unspecified atom stereocenters. The summed E-state index contributed by atoms with van der Waals surface area (Å²) in [5, 5.41) is 0. The summed E-state index contributed by atoms with van der Waals surface area (Å²) in [6.07, 6.45) is 5.04. The Labute approximate surface area is 108 Å². The van der Waals surface area contributed by atoms with Crippen molar-refractivity contribution in [3.63, 3.8) is 0 Å². The van der Waals surface area contributed by atoms with E-state index in [-0.39, 0.29) is 12.0 Å². The van der Waals surface area contributed by atoms with Gasteiger partial charge in [0.15, 0.2) is 0 Å². The van der Waals surface area contributed by atoms with Crippen LogP contribution in [0.4, 0.5) is 0 Å². The Kier molecular flexibility index (Phi) is 3.17. The molecule has 4 bridgehead atoms. The maximum atomic E-state index is 11.0. The molecular formula is C12H21NO4S. The average Bonchev–Trinajstić information content (AvgIpc) is 2.26. The molecule has 0 aromatic carbocycles. The highest BCUT2D eigenvalue weighted by Gasteiger charge is 2.54. The first-order valence-electron chi connectivity index (χ1n) is 6.83. The van der Waals surface area contributed by atoms with Crippen LogP contribution in [-0.4, -0.2) is 25.6 Å². The first-order valence-corrected chi connectivity index (χ1v) is 8.20. The van der Waals surface area contributed by atoms with Crippen molar-refractivity contribution in [3.05, 3.63) is 0 Å². The van der Waals surface area contributed by atoms with Crippen molar-refractivity contribution in [1.29, 1.82) is 0 Å². The van der Waals surface area contributed by atoms with Crippen LogP contribution in [0.15, 0.2) is 0 Å². The van der Waals surface area contributed by atoms with Gasteiger partial charge in [-0.15, -0.1) is 0 Å². The summed E-state index contributed by atoms with van der Waals surface area (Å²) in [6.45, 7) is 0.644. The summed E-state index contributed by atoms with van der Waals surface area (Å²) < 4.78 is 35.9. The molecule has 4 aliphatic rings. The normalized spacial score (nSPS) is 46.6. The average molecular weight is 275 g/mol. The summed E-state index contributed by atoms with van der Waals surface area (Å²) in [4.78, 5) is 0. The van der Waals surface area contributed by atoms with Gasteiger partial charge < -0.3 is 5.73 Å². The van der Waals surface area contributed by atoms with Crippen molar-refractivity contribution in [3.8, 4) is 0 Å². The predicted molar refractivity (Wildman–Crippen MR) is 66.0 cm³/mol. The molecular weight excluding hydrogens is 254 g/mol. The van der Waals surface area contributed by atoms with Gasteiger partial charge in [0.25, 0.3) is 0 Å². The van der Waals surface area contributed by atoms with Crippen LogP contribution < -0.4 is 5.73 Å². The van der Waals surface area contributed by atoms with E-state index in [1.54, 1.807) is 0 Å².